The minimum absolute atomic E-state index is 0.590. The van der Waals surface area contributed by atoms with Crippen molar-refractivity contribution in [1.29, 1.82) is 0 Å². The lowest BCUT2D eigenvalue weighted by Gasteiger charge is -2.07. The highest BCUT2D eigenvalue weighted by Gasteiger charge is 2.01. The van der Waals surface area contributed by atoms with Crippen molar-refractivity contribution in [1.82, 2.24) is 10.2 Å². The molecule has 0 amide bonds. The van der Waals surface area contributed by atoms with Gasteiger partial charge in [-0.05, 0) is 36.1 Å². The largest absolute Gasteiger partial charge is 0.489 e. The minimum atomic E-state index is 0.590. The summed E-state index contributed by atoms with van der Waals surface area (Å²) in [6, 6.07) is 20.2. The Morgan fingerprint density at radius 1 is 0.909 bits per heavy atom. The van der Waals surface area contributed by atoms with Crippen LogP contribution >= 0.6 is 0 Å². The molecule has 3 aromatic rings. The van der Waals surface area contributed by atoms with Crippen molar-refractivity contribution in [2.75, 3.05) is 5.73 Å². The standard InChI is InChI=1S/C18H19N3O/c19-18-12-16(20-21-18)9-6-14-7-10-17(11-8-14)22-13-15-4-2-1-3-5-15/h1-5,7-8,10-12H,6,9,13H2,(H3,19,20,21). The molecule has 0 aliphatic rings. The first-order chi connectivity index (χ1) is 10.8. The molecule has 0 bridgehead atoms. The van der Waals surface area contributed by atoms with Crippen LogP contribution in [0.3, 0.4) is 0 Å². The molecule has 0 aliphatic heterocycles. The van der Waals surface area contributed by atoms with Crippen LogP contribution in [-0.4, -0.2) is 10.2 Å². The third-order valence-electron chi connectivity index (χ3n) is 3.49. The number of nitrogens with two attached hydrogens (primary N) is 1. The van der Waals surface area contributed by atoms with E-state index >= 15 is 0 Å². The summed E-state index contributed by atoms with van der Waals surface area (Å²) in [6.07, 6.45) is 1.81. The molecule has 4 nitrogen and oxygen atoms in total. The van der Waals surface area contributed by atoms with Crippen molar-refractivity contribution in [2.45, 2.75) is 19.4 Å². The van der Waals surface area contributed by atoms with Gasteiger partial charge in [-0.15, -0.1) is 0 Å². The van der Waals surface area contributed by atoms with Gasteiger partial charge in [0.1, 0.15) is 18.2 Å². The van der Waals surface area contributed by atoms with E-state index in [1.165, 1.54) is 11.1 Å². The van der Waals surface area contributed by atoms with Gasteiger partial charge in [0.25, 0.3) is 0 Å². The third kappa shape index (κ3) is 3.88. The molecule has 0 saturated carbocycles. The van der Waals surface area contributed by atoms with Gasteiger partial charge in [-0.2, -0.15) is 5.10 Å². The molecule has 4 heteroatoms. The van der Waals surface area contributed by atoms with Crippen LogP contribution in [0.1, 0.15) is 16.8 Å². The van der Waals surface area contributed by atoms with E-state index in [9.17, 15) is 0 Å². The summed E-state index contributed by atoms with van der Waals surface area (Å²) in [4.78, 5) is 0. The van der Waals surface area contributed by atoms with Gasteiger partial charge in [0, 0.05) is 6.07 Å². The Balaban J connectivity index is 1.51. The number of H-pyrrole nitrogens is 1. The van der Waals surface area contributed by atoms with Crippen LogP contribution in [0, 0.1) is 0 Å². The fourth-order valence-corrected chi connectivity index (χ4v) is 2.27. The maximum absolute atomic E-state index is 5.78. The molecule has 22 heavy (non-hydrogen) atoms. The quantitative estimate of drug-likeness (QED) is 0.732. The Labute approximate surface area is 129 Å². The zero-order valence-corrected chi connectivity index (χ0v) is 12.3. The fourth-order valence-electron chi connectivity index (χ4n) is 2.27. The Hall–Kier alpha value is -2.75. The van der Waals surface area contributed by atoms with Gasteiger partial charge in [0.05, 0.1) is 5.69 Å². The van der Waals surface area contributed by atoms with E-state index in [0.29, 0.717) is 12.4 Å². The second-order valence-corrected chi connectivity index (χ2v) is 5.23. The van der Waals surface area contributed by atoms with E-state index in [1.54, 1.807) is 0 Å². The molecule has 0 spiro atoms. The molecule has 3 rings (SSSR count). The summed E-state index contributed by atoms with van der Waals surface area (Å²) in [5.74, 6) is 1.50. The number of nitrogen functional groups attached to an aromatic ring is 1. The zero-order chi connectivity index (χ0) is 15.2. The molecule has 1 aromatic heterocycles. The average Bonchev–Trinajstić information content (AvgIpc) is 2.98. The molecule has 0 atom stereocenters. The molecular formula is C18H19N3O. The molecule has 2 aromatic carbocycles. The highest BCUT2D eigenvalue weighted by molar-refractivity contribution is 5.30. The molecule has 3 N–H and O–H groups in total. The van der Waals surface area contributed by atoms with Gasteiger partial charge in [0.2, 0.25) is 0 Å². The summed E-state index contributed by atoms with van der Waals surface area (Å²) >= 11 is 0. The van der Waals surface area contributed by atoms with Crippen molar-refractivity contribution in [3.8, 4) is 5.75 Å². The Morgan fingerprint density at radius 2 is 1.68 bits per heavy atom. The van der Waals surface area contributed by atoms with E-state index in [2.05, 4.69) is 34.5 Å². The average molecular weight is 293 g/mol. The number of hydrogen-bond donors (Lipinski definition) is 2. The molecule has 112 valence electrons. The molecule has 0 fully saturated rings. The topological polar surface area (TPSA) is 63.9 Å². The number of aromatic amines is 1. The monoisotopic (exact) mass is 293 g/mol. The number of benzene rings is 2. The molecule has 0 radical (unpaired) electrons. The summed E-state index contributed by atoms with van der Waals surface area (Å²) in [5.41, 5.74) is 9.03. The maximum Gasteiger partial charge on any atom is 0.119 e. The zero-order valence-electron chi connectivity index (χ0n) is 12.3. The Morgan fingerprint density at radius 3 is 2.36 bits per heavy atom. The Kier molecular flexibility index (Phi) is 4.39. The smallest absolute Gasteiger partial charge is 0.119 e. The van der Waals surface area contributed by atoms with Gasteiger partial charge in [0.15, 0.2) is 0 Å². The first-order valence-electron chi connectivity index (χ1n) is 7.35. The predicted octanol–water partition coefficient (Wildman–Crippen LogP) is 3.36. The lowest BCUT2D eigenvalue weighted by atomic mass is 10.1. The third-order valence-corrected chi connectivity index (χ3v) is 3.49. The second-order valence-electron chi connectivity index (χ2n) is 5.23. The second kappa shape index (κ2) is 6.80. The van der Waals surface area contributed by atoms with Crippen LogP contribution in [0.5, 0.6) is 5.75 Å². The summed E-state index contributed by atoms with van der Waals surface area (Å²) in [5, 5.41) is 6.89. The van der Waals surface area contributed by atoms with Crippen LogP contribution in [0.2, 0.25) is 0 Å². The SMILES string of the molecule is Nc1cc(CCc2ccc(OCc3ccccc3)cc2)n[nH]1. The van der Waals surface area contributed by atoms with Crippen molar-refractivity contribution < 1.29 is 4.74 Å². The molecule has 0 saturated heterocycles. The molecule has 0 aliphatic carbocycles. The first-order valence-corrected chi connectivity index (χ1v) is 7.35. The Bertz CT molecular complexity index is 705. The van der Waals surface area contributed by atoms with Crippen LogP contribution in [0.15, 0.2) is 60.7 Å². The number of anilines is 1. The number of ether oxygens (including phenoxy) is 1. The normalized spacial score (nSPS) is 10.5. The summed E-state index contributed by atoms with van der Waals surface area (Å²) < 4.78 is 5.78. The van der Waals surface area contributed by atoms with Crippen LogP contribution in [-0.2, 0) is 19.4 Å². The van der Waals surface area contributed by atoms with Gasteiger partial charge >= 0.3 is 0 Å². The van der Waals surface area contributed by atoms with E-state index in [-0.39, 0.29) is 0 Å². The number of nitrogens with one attached hydrogen (secondary N) is 1. The number of aromatic nitrogens is 2. The highest BCUT2D eigenvalue weighted by Crippen LogP contribution is 2.15. The molecule has 0 unspecified atom stereocenters. The molecular weight excluding hydrogens is 274 g/mol. The number of rotatable bonds is 6. The lowest BCUT2D eigenvalue weighted by molar-refractivity contribution is 0.306. The van der Waals surface area contributed by atoms with Gasteiger partial charge in [-0.1, -0.05) is 42.5 Å². The number of hydrogen-bond acceptors (Lipinski definition) is 3. The minimum Gasteiger partial charge on any atom is -0.489 e. The maximum atomic E-state index is 5.78. The summed E-state index contributed by atoms with van der Waals surface area (Å²) in [7, 11) is 0. The van der Waals surface area contributed by atoms with E-state index in [1.807, 2.05) is 36.4 Å². The van der Waals surface area contributed by atoms with Gasteiger partial charge in [-0.25, -0.2) is 0 Å². The van der Waals surface area contributed by atoms with Crippen LogP contribution in [0.4, 0.5) is 5.82 Å². The van der Waals surface area contributed by atoms with Gasteiger partial charge < -0.3 is 10.5 Å². The van der Waals surface area contributed by atoms with Crippen LogP contribution in [0.25, 0.3) is 0 Å². The van der Waals surface area contributed by atoms with E-state index < -0.39 is 0 Å². The van der Waals surface area contributed by atoms with Crippen molar-refractivity contribution in [2.24, 2.45) is 0 Å². The number of nitrogens with zero attached hydrogens (tertiary/aromatic N) is 1. The van der Waals surface area contributed by atoms with Gasteiger partial charge in [-0.3, -0.25) is 5.10 Å². The van der Waals surface area contributed by atoms with Crippen molar-refractivity contribution in [3.05, 3.63) is 77.5 Å². The summed E-state index contributed by atoms with van der Waals surface area (Å²) in [6.45, 7) is 0.590. The van der Waals surface area contributed by atoms with Crippen LogP contribution < -0.4 is 10.5 Å². The molecule has 1 heterocycles. The first kappa shape index (κ1) is 14.2. The van der Waals surface area contributed by atoms with E-state index in [4.69, 9.17) is 10.5 Å². The number of aryl methyl sites for hydroxylation is 2. The van der Waals surface area contributed by atoms with Crippen molar-refractivity contribution in [3.63, 3.8) is 0 Å². The van der Waals surface area contributed by atoms with E-state index in [0.717, 1.165) is 24.3 Å². The lowest BCUT2D eigenvalue weighted by Crippen LogP contribution is -1.96. The fraction of sp³-hybridized carbons (Fsp3) is 0.167. The van der Waals surface area contributed by atoms with Crippen molar-refractivity contribution >= 4 is 5.82 Å². The highest BCUT2D eigenvalue weighted by atomic mass is 16.5. The predicted molar refractivity (Wildman–Crippen MR) is 87.6 cm³/mol.